The van der Waals surface area contributed by atoms with Gasteiger partial charge in [0, 0.05) is 67.4 Å². The molecule has 0 unspecified atom stereocenters. The molecule has 137 heavy (non-hydrogen) atoms. The molecule has 0 spiro atoms. The summed E-state index contributed by atoms with van der Waals surface area (Å²) in [5.41, 5.74) is 18.4. The highest BCUT2D eigenvalue weighted by Crippen LogP contribution is 2.25. The van der Waals surface area contributed by atoms with E-state index in [2.05, 4.69) is 115 Å². The molecule has 3 heterocycles. The molecule has 49 heteroatoms. The van der Waals surface area contributed by atoms with Gasteiger partial charge in [0.05, 0.1) is 45.0 Å². The number of likely N-dealkylation sites (tertiary alicyclic amines) is 2. The number of benzene rings is 3. The predicted molar refractivity (Wildman–Crippen MR) is 499 cm³/mol. The van der Waals surface area contributed by atoms with Crippen molar-refractivity contribution in [2.75, 3.05) is 70.5 Å². The molecule has 19 amide bonds. The minimum absolute atomic E-state index is 0.00636. The first-order valence-corrected chi connectivity index (χ1v) is 46.1. The van der Waals surface area contributed by atoms with Gasteiger partial charge in [0.25, 0.3) is 0 Å². The summed E-state index contributed by atoms with van der Waals surface area (Å²) in [5.74, 6) is -21.1. The number of H-pyrrole nitrogens is 1. The van der Waals surface area contributed by atoms with Gasteiger partial charge in [0.1, 0.15) is 96.9 Å². The lowest BCUT2D eigenvalue weighted by molar-refractivity contribution is -0.142. The largest absolute Gasteiger partial charge is 0.508 e. The molecule has 2 saturated heterocycles. The van der Waals surface area contributed by atoms with Crippen LogP contribution in [0.4, 0.5) is 0 Å². The Hall–Kier alpha value is -13.1. The van der Waals surface area contributed by atoms with Gasteiger partial charge in [-0.15, -0.1) is 0 Å². The number of aliphatic carboxylic acids is 1. The monoisotopic (exact) mass is 1960 g/mol. The molecular formula is C88H128N22O25S2. The van der Waals surface area contributed by atoms with E-state index in [1.54, 1.807) is 88.5 Å². The number of carboxylic acid groups (broad SMARTS) is 1. The second-order valence-electron chi connectivity index (χ2n) is 33.9. The number of thiol groups is 2. The fourth-order valence-corrected chi connectivity index (χ4v) is 15.5. The number of amides is 19. The number of nitrogens with one attached hydrogen (secondary N) is 17. The average molecular weight is 1960 g/mol. The molecule has 2 aliphatic heterocycles. The van der Waals surface area contributed by atoms with E-state index in [9.17, 15) is 116 Å². The lowest BCUT2D eigenvalue weighted by atomic mass is 9.99. The quantitative estimate of drug-likeness (QED) is 0.0144. The maximum atomic E-state index is 15.0. The Bertz CT molecular complexity index is 4880. The minimum atomic E-state index is -1.86. The van der Waals surface area contributed by atoms with E-state index in [0.717, 1.165) is 6.92 Å². The van der Waals surface area contributed by atoms with Crippen LogP contribution in [0.2, 0.25) is 0 Å². The van der Waals surface area contributed by atoms with Crippen LogP contribution in [-0.4, -0.2) is 326 Å². The summed E-state index contributed by atoms with van der Waals surface area (Å²) in [5, 5.41) is 91.2. The number of carbonyl (C=O) groups excluding carboxylic acids is 19. The van der Waals surface area contributed by atoms with Crippen LogP contribution >= 0.6 is 25.3 Å². The number of aromatic nitrogens is 1. The number of nitrogens with zero attached hydrogens (tertiary/aromatic N) is 2. The fraction of sp³-hybridized carbons (Fsp3) is 0.545. The third-order valence-electron chi connectivity index (χ3n) is 22.3. The second-order valence-corrected chi connectivity index (χ2v) is 34.6. The molecule has 4 aromatic rings. The van der Waals surface area contributed by atoms with Crippen LogP contribution in [0.3, 0.4) is 0 Å². The molecule has 752 valence electrons. The summed E-state index contributed by atoms with van der Waals surface area (Å²) < 4.78 is 0. The second kappa shape index (κ2) is 56.4. The van der Waals surface area contributed by atoms with Crippen LogP contribution in [0.1, 0.15) is 122 Å². The van der Waals surface area contributed by atoms with Crippen LogP contribution in [0, 0.1) is 11.8 Å². The molecule has 2 aliphatic rings. The van der Waals surface area contributed by atoms with Gasteiger partial charge in [0.2, 0.25) is 112 Å². The summed E-state index contributed by atoms with van der Waals surface area (Å²) in [4.78, 5) is 279. The van der Waals surface area contributed by atoms with E-state index in [1.807, 2.05) is 0 Å². The summed E-state index contributed by atoms with van der Waals surface area (Å²) >= 11 is 8.63. The first-order valence-electron chi connectivity index (χ1n) is 44.8. The number of hydrogen-bond acceptors (Lipinski definition) is 28. The lowest BCUT2D eigenvalue weighted by Crippen LogP contribution is -2.62. The predicted octanol–water partition coefficient (Wildman–Crippen LogP) is -8.08. The number of phenols is 1. The van der Waals surface area contributed by atoms with Crippen molar-refractivity contribution in [3.63, 3.8) is 0 Å². The molecule has 0 radical (unpaired) electrons. The molecule has 3 aromatic carbocycles. The Morgan fingerprint density at radius 3 is 1.48 bits per heavy atom. The lowest BCUT2D eigenvalue weighted by Gasteiger charge is -2.31. The zero-order chi connectivity index (χ0) is 101. The highest BCUT2D eigenvalue weighted by molar-refractivity contribution is 7.80. The van der Waals surface area contributed by atoms with Gasteiger partial charge in [-0.05, 0) is 125 Å². The van der Waals surface area contributed by atoms with Crippen molar-refractivity contribution in [3.8, 4) is 5.75 Å². The van der Waals surface area contributed by atoms with Crippen molar-refractivity contribution >= 4 is 154 Å². The zero-order valence-corrected chi connectivity index (χ0v) is 78.7. The SMILES string of the molecule is CC(C)C[C@H](NC(=O)[C@@H]1CCCN1C(=O)CNC(=O)[C@H](Cc1ccccc1)NC(=O)[C@H](CS)NC(=O)[C@H](CO)NC(=O)[C@H](Cc1ccc(O)cc1)NC(=O)[C@@H](NC(=O)CNC(=O)CN)[C@@H](C)O)C(=O)N[C@H](C(=O)N[C@@H](Cc1c[nH]c2ccccc12)C(=O)N[C@H](C(=O)N[C@@H](CS)C(=O)N[C@@H](CCCCN)C(=O)N1CCC[C@H]1C(=O)N[C@@H](CCC(N)=O)C(=O)NCC(=O)NCC(=O)O)C(C)C)[C@@H](C)O. The van der Waals surface area contributed by atoms with Crippen molar-refractivity contribution in [1.82, 2.24) is 99.9 Å². The number of carbonyl (C=O) groups is 20. The molecular weight excluding hydrogens is 1830 g/mol. The van der Waals surface area contributed by atoms with Crippen molar-refractivity contribution in [3.05, 3.63) is 102 Å². The Balaban J connectivity index is 1.13. The number of phenolic OH excluding ortho intramolecular Hbond substituents is 1. The Labute approximate surface area is 800 Å². The molecule has 47 nitrogen and oxygen atoms in total. The summed E-state index contributed by atoms with van der Waals surface area (Å²) in [6, 6.07) is -0.878. The summed E-state index contributed by atoms with van der Waals surface area (Å²) in [6.45, 7) is 4.72. The van der Waals surface area contributed by atoms with Gasteiger partial charge in [-0.2, -0.15) is 25.3 Å². The van der Waals surface area contributed by atoms with Gasteiger partial charge in [-0.3, -0.25) is 95.9 Å². The first kappa shape index (κ1) is 113. The van der Waals surface area contributed by atoms with Gasteiger partial charge < -0.3 is 143 Å². The van der Waals surface area contributed by atoms with Crippen molar-refractivity contribution in [2.24, 2.45) is 29.0 Å². The number of carboxylic acids is 1. The van der Waals surface area contributed by atoms with E-state index in [-0.39, 0.29) is 108 Å². The fourth-order valence-electron chi connectivity index (χ4n) is 15.0. The van der Waals surface area contributed by atoms with Crippen molar-refractivity contribution in [2.45, 2.75) is 222 Å². The van der Waals surface area contributed by atoms with E-state index in [4.69, 9.17) is 22.3 Å². The van der Waals surface area contributed by atoms with Crippen LogP contribution in [0.5, 0.6) is 5.75 Å². The smallest absolute Gasteiger partial charge is 0.322 e. The molecule has 0 saturated carbocycles. The Morgan fingerprint density at radius 2 is 0.912 bits per heavy atom. The third kappa shape index (κ3) is 36.2. The van der Waals surface area contributed by atoms with E-state index in [1.165, 1.54) is 41.0 Å². The first-order chi connectivity index (χ1) is 65.0. The van der Waals surface area contributed by atoms with E-state index >= 15 is 0 Å². The maximum absolute atomic E-state index is 15.0. The van der Waals surface area contributed by atoms with Gasteiger partial charge in [-0.25, -0.2) is 0 Å². The number of aliphatic hydroxyl groups is 3. The van der Waals surface area contributed by atoms with Crippen LogP contribution in [0.15, 0.2) is 85.1 Å². The molecule has 28 N–H and O–H groups in total. The average Bonchev–Trinajstić information content (AvgIpc) is 1.68. The molecule has 6 rings (SSSR count). The number of unbranched alkanes of at least 4 members (excludes halogenated alkanes) is 1. The highest BCUT2D eigenvalue weighted by atomic mass is 32.1. The molecule has 0 bridgehead atoms. The molecule has 0 aliphatic carbocycles. The Kier molecular flexibility index (Phi) is 46.4. The third-order valence-corrected chi connectivity index (χ3v) is 23.1. The number of aromatic amines is 1. The van der Waals surface area contributed by atoms with Gasteiger partial charge in [0.15, 0.2) is 0 Å². The number of rotatable bonds is 56. The number of aromatic hydroxyl groups is 1. The van der Waals surface area contributed by atoms with Crippen LogP contribution in [0.25, 0.3) is 10.9 Å². The molecule has 1 aromatic heterocycles. The standard InChI is InChI=1S/C88H128N22O25S2/c1-45(2)32-57(100-83(130)64-21-14-30-109(64)70(119)40-96-76(123)58(33-49-16-8-7-9-17-49)99-82(129)62(43-136)104-80(127)61(42-111)103-77(124)59(34-50-23-25-52(114)26-24-50)101-86(133)73(47(5)112)106-69(118)39-93-67(116)36-90)78(125)108-74(48(6)113)87(134)102-60(35-51-37-92-54-19-11-10-18-53(51)54)79(126)107-72(46(3)4)85(132)105-63(44-137)81(128)98-56(20-12-13-29-89)88(135)110-31-15-22-65(110)84(131)97-55(27-28-66(91)115)75(122)95-38-68(117)94-41-71(120)121/h7-11,16-19,23-26,37,45-48,55-65,72-74,92,111-114,136-137H,12-15,20-22,27-36,38-44,89-90H2,1-6H3,(H2,91,115)(H,93,116)(H,94,117)(H,95,122)(H,96,123)(H,97,131)(H,98,128)(H,99,129)(H,100,130)(H,101,133)(H,102,134)(H,103,124)(H,104,127)(H,105,132)(H,106,118)(H,107,126)(H,108,125)(H,120,121)/t47-,48-,55+,56+,57+,58+,59+,60+,61+,62+,63+,64+,65+,72+,73+,74+/m1/s1. The number of fused-ring (bicyclic) bond motifs is 1. The number of primary amides is 1. The normalized spacial score (nSPS) is 16.5. The van der Waals surface area contributed by atoms with E-state index in [0.29, 0.717) is 34.0 Å². The number of hydrogen-bond donors (Lipinski definition) is 27. The van der Waals surface area contributed by atoms with Gasteiger partial charge >= 0.3 is 5.97 Å². The minimum Gasteiger partial charge on any atom is -0.508 e. The number of aliphatic hydroxyl groups excluding tert-OH is 3. The van der Waals surface area contributed by atoms with Gasteiger partial charge in [-0.1, -0.05) is 88.4 Å². The van der Waals surface area contributed by atoms with Crippen molar-refractivity contribution < 1.29 is 121 Å². The summed E-state index contributed by atoms with van der Waals surface area (Å²) in [7, 11) is 0. The number of nitrogens with two attached hydrogens (primary N) is 3. The van der Waals surface area contributed by atoms with Crippen LogP contribution < -0.4 is 102 Å². The molecule has 16 atom stereocenters. The number of para-hydroxylation sites is 1. The summed E-state index contributed by atoms with van der Waals surface area (Å²) in [6.07, 6.45) is -1.99. The van der Waals surface area contributed by atoms with E-state index < -0.39 is 272 Å². The highest BCUT2D eigenvalue weighted by Gasteiger charge is 2.44. The van der Waals surface area contributed by atoms with Crippen molar-refractivity contribution in [1.29, 1.82) is 0 Å². The zero-order valence-electron chi connectivity index (χ0n) is 76.9. The van der Waals surface area contributed by atoms with Crippen LogP contribution in [-0.2, 0) is 115 Å². The maximum Gasteiger partial charge on any atom is 0.322 e. The topological polar surface area (TPSA) is 735 Å². The Morgan fingerprint density at radius 1 is 0.453 bits per heavy atom. The molecule has 2 fully saturated rings.